The number of hydrogen-bond donors (Lipinski definition) is 1. The Balaban J connectivity index is 0.994. The molecule has 10 nitrogen and oxygen atoms in total. The molecule has 5 aromatic carbocycles. The van der Waals surface area contributed by atoms with Crippen molar-refractivity contribution >= 4 is 38.8 Å². The molecular formula is C58H60N6O4. The van der Waals surface area contributed by atoms with Crippen LogP contribution in [0.5, 0.6) is 11.5 Å². The maximum absolute atomic E-state index is 13.9. The Morgan fingerprint density at radius 2 is 1.25 bits per heavy atom. The first-order valence-corrected chi connectivity index (χ1v) is 25.0. The number of pyridine rings is 2. The lowest BCUT2D eigenvalue weighted by Gasteiger charge is -2.26. The first-order chi connectivity index (χ1) is 33.5. The fraction of sp³-hybridized carbons (Fsp3) is 0.345. The molecule has 1 saturated carbocycles. The van der Waals surface area contributed by atoms with Crippen LogP contribution >= 0.6 is 0 Å². The van der Waals surface area contributed by atoms with Gasteiger partial charge in [-0.3, -0.25) is 4.98 Å². The molecular weight excluding hydrogens is 845 g/mol. The standard InChI is InChI=1S/C58H60N6O4/c65-58(66)55-49(40-13-8-18-47(37-40)67-33-11-31-62-27-4-5-28-62)39-53-56(54(55)44-21-23-50-41(35-44)15-10-26-59-50)61-57(64(53)46-16-2-1-3-17-46)45-22-25-52-43(36-45)20-24-51(60-52)42-14-9-19-48(38-42)68-34-12-32-63-29-6-7-30-63/h8-10,13-15,18-26,35-39,46H,1-7,11-12,16-17,27-34H2,(H,65,66). The molecule has 2 saturated heterocycles. The van der Waals surface area contributed by atoms with Crippen molar-refractivity contribution in [2.75, 3.05) is 52.5 Å². The highest BCUT2D eigenvalue weighted by Crippen LogP contribution is 2.45. The topological polar surface area (TPSA) is 106 Å². The van der Waals surface area contributed by atoms with E-state index in [2.05, 4.69) is 73.9 Å². The SMILES string of the molecule is O=C(O)c1c(-c2cccc(OCCCN3CCCC3)c2)cc2c(nc(-c3ccc4nc(-c5cccc(OCCCN6CCCC6)c5)ccc4c3)n2C2CCCCC2)c1-c1ccc2ncccc2c1. The Morgan fingerprint density at radius 3 is 1.97 bits per heavy atom. The number of nitrogens with zero attached hydrogens (tertiary/aromatic N) is 6. The quantitative estimate of drug-likeness (QED) is 0.0949. The van der Waals surface area contributed by atoms with E-state index in [9.17, 15) is 9.90 Å². The molecule has 5 heterocycles. The van der Waals surface area contributed by atoms with Crippen molar-refractivity contribution in [3.63, 3.8) is 0 Å². The van der Waals surface area contributed by atoms with Crippen LogP contribution in [0.1, 0.15) is 87.0 Å². The smallest absolute Gasteiger partial charge is 0.337 e. The van der Waals surface area contributed by atoms with Gasteiger partial charge in [-0.1, -0.05) is 61.7 Å². The van der Waals surface area contributed by atoms with Gasteiger partial charge >= 0.3 is 5.97 Å². The van der Waals surface area contributed by atoms with E-state index in [0.717, 1.165) is 137 Å². The van der Waals surface area contributed by atoms with E-state index in [1.807, 2.05) is 60.7 Å². The van der Waals surface area contributed by atoms with Gasteiger partial charge in [-0.25, -0.2) is 14.8 Å². The number of fused-ring (bicyclic) bond motifs is 3. The highest BCUT2D eigenvalue weighted by Gasteiger charge is 2.30. The van der Waals surface area contributed by atoms with Crippen LogP contribution in [0.15, 0.2) is 121 Å². The molecule has 11 rings (SSSR count). The van der Waals surface area contributed by atoms with Gasteiger partial charge in [-0.15, -0.1) is 0 Å². The highest BCUT2D eigenvalue weighted by molar-refractivity contribution is 6.12. The number of carboxylic acids is 1. The zero-order valence-corrected chi connectivity index (χ0v) is 38.9. The van der Waals surface area contributed by atoms with Crippen molar-refractivity contribution < 1.29 is 19.4 Å². The molecule has 1 aliphatic carbocycles. The monoisotopic (exact) mass is 904 g/mol. The number of ether oxygens (including phenoxy) is 2. The minimum atomic E-state index is -1.00. The Morgan fingerprint density at radius 1 is 0.603 bits per heavy atom. The van der Waals surface area contributed by atoms with E-state index < -0.39 is 5.97 Å². The lowest BCUT2D eigenvalue weighted by molar-refractivity contribution is 0.0698. The largest absolute Gasteiger partial charge is 0.494 e. The third kappa shape index (κ3) is 9.32. The van der Waals surface area contributed by atoms with Crippen LogP contribution in [-0.4, -0.2) is 92.9 Å². The third-order valence-corrected chi connectivity index (χ3v) is 14.4. The molecule has 3 aliphatic rings. The summed E-state index contributed by atoms with van der Waals surface area (Å²) in [6.45, 7) is 8.14. The lowest BCUT2D eigenvalue weighted by Crippen LogP contribution is -2.21. The molecule has 0 bridgehead atoms. The number of hydrogen-bond acceptors (Lipinski definition) is 8. The van der Waals surface area contributed by atoms with Crippen molar-refractivity contribution in [3.8, 4) is 56.4 Å². The molecule has 1 N–H and O–H groups in total. The zero-order chi connectivity index (χ0) is 45.8. The van der Waals surface area contributed by atoms with Gasteiger partial charge in [0.05, 0.1) is 46.5 Å². The van der Waals surface area contributed by atoms with Gasteiger partial charge < -0.3 is 28.9 Å². The summed E-state index contributed by atoms with van der Waals surface area (Å²) < 4.78 is 15.0. The first-order valence-electron chi connectivity index (χ1n) is 25.0. The van der Waals surface area contributed by atoms with Gasteiger partial charge in [-0.05, 0) is 167 Å². The average molecular weight is 905 g/mol. The van der Waals surface area contributed by atoms with Crippen LogP contribution in [0, 0.1) is 0 Å². The minimum Gasteiger partial charge on any atom is -0.494 e. The normalized spacial score (nSPS) is 16.1. The van der Waals surface area contributed by atoms with Crippen molar-refractivity contribution in [2.24, 2.45) is 0 Å². The predicted molar refractivity (Wildman–Crippen MR) is 273 cm³/mol. The molecule has 0 radical (unpaired) electrons. The molecule has 0 amide bonds. The van der Waals surface area contributed by atoms with Crippen LogP contribution in [0.3, 0.4) is 0 Å². The molecule has 346 valence electrons. The van der Waals surface area contributed by atoms with Gasteiger partial charge in [-0.2, -0.15) is 0 Å². The molecule has 68 heavy (non-hydrogen) atoms. The summed E-state index contributed by atoms with van der Waals surface area (Å²) in [7, 11) is 0. The maximum Gasteiger partial charge on any atom is 0.337 e. The van der Waals surface area contributed by atoms with Crippen LogP contribution in [0.2, 0.25) is 0 Å². The van der Waals surface area contributed by atoms with Crippen molar-refractivity contribution in [2.45, 2.75) is 76.7 Å². The summed E-state index contributed by atoms with van der Waals surface area (Å²) in [6.07, 6.45) is 14.4. The van der Waals surface area contributed by atoms with E-state index in [1.165, 1.54) is 45.2 Å². The Hall–Kier alpha value is -6.62. The molecule has 8 aromatic rings. The number of benzene rings is 5. The number of aromatic carboxylic acids is 1. The summed E-state index contributed by atoms with van der Waals surface area (Å²) >= 11 is 0. The second-order valence-electron chi connectivity index (χ2n) is 19.0. The van der Waals surface area contributed by atoms with E-state index in [1.54, 1.807) is 6.20 Å². The van der Waals surface area contributed by atoms with Gasteiger partial charge in [0.1, 0.15) is 17.3 Å². The first kappa shape index (κ1) is 43.9. The zero-order valence-electron chi connectivity index (χ0n) is 38.9. The van der Waals surface area contributed by atoms with E-state index in [0.29, 0.717) is 29.9 Å². The molecule has 0 unspecified atom stereocenters. The molecule has 2 aliphatic heterocycles. The number of aromatic nitrogens is 4. The van der Waals surface area contributed by atoms with Crippen molar-refractivity contribution in [1.82, 2.24) is 29.3 Å². The summed E-state index contributed by atoms with van der Waals surface area (Å²) in [4.78, 5) is 34.2. The number of imidazole rings is 1. The Kier molecular flexibility index (Phi) is 12.9. The molecule has 10 heteroatoms. The number of likely N-dealkylation sites (tertiary alicyclic amines) is 2. The number of carbonyl (C=O) groups is 1. The fourth-order valence-electron chi connectivity index (χ4n) is 11.0. The summed E-state index contributed by atoms with van der Waals surface area (Å²) in [5, 5.41) is 13.3. The van der Waals surface area contributed by atoms with E-state index >= 15 is 0 Å². The molecule has 0 spiro atoms. The van der Waals surface area contributed by atoms with Crippen molar-refractivity contribution in [3.05, 3.63) is 127 Å². The van der Waals surface area contributed by atoms with Gasteiger partial charge in [0.15, 0.2) is 0 Å². The van der Waals surface area contributed by atoms with Crippen molar-refractivity contribution in [1.29, 1.82) is 0 Å². The number of rotatable bonds is 16. The second kappa shape index (κ2) is 19.9. The summed E-state index contributed by atoms with van der Waals surface area (Å²) in [5.74, 6) is 1.43. The molecule has 0 atom stereocenters. The summed E-state index contributed by atoms with van der Waals surface area (Å²) in [6, 6.07) is 39.1. The van der Waals surface area contributed by atoms with Gasteiger partial charge in [0.25, 0.3) is 0 Å². The predicted octanol–water partition coefficient (Wildman–Crippen LogP) is 12.7. The lowest BCUT2D eigenvalue weighted by atomic mass is 9.89. The third-order valence-electron chi connectivity index (χ3n) is 14.4. The fourth-order valence-corrected chi connectivity index (χ4v) is 11.0. The van der Waals surface area contributed by atoms with Crippen LogP contribution in [0.25, 0.3) is 77.7 Å². The van der Waals surface area contributed by atoms with Gasteiger partial charge in [0, 0.05) is 52.8 Å². The molecule has 3 fully saturated rings. The Bertz CT molecular complexity index is 3090. The Labute approximate surface area is 398 Å². The molecule has 3 aromatic heterocycles. The van der Waals surface area contributed by atoms with E-state index in [-0.39, 0.29) is 11.6 Å². The maximum atomic E-state index is 13.9. The van der Waals surface area contributed by atoms with Crippen LogP contribution < -0.4 is 9.47 Å². The van der Waals surface area contributed by atoms with Gasteiger partial charge in [0.2, 0.25) is 0 Å². The minimum absolute atomic E-state index is 0.192. The average Bonchev–Trinajstić information content (AvgIpc) is 4.19. The second-order valence-corrected chi connectivity index (χ2v) is 19.0. The van der Waals surface area contributed by atoms with Crippen LogP contribution in [-0.2, 0) is 0 Å². The summed E-state index contributed by atoms with van der Waals surface area (Å²) in [5.41, 5.74) is 9.27. The van der Waals surface area contributed by atoms with Crippen LogP contribution in [0.4, 0.5) is 0 Å². The highest BCUT2D eigenvalue weighted by atomic mass is 16.5. The van der Waals surface area contributed by atoms with E-state index in [4.69, 9.17) is 19.4 Å². The number of carboxylic acid groups (broad SMARTS) is 1.